The van der Waals surface area contributed by atoms with Crippen LogP contribution in [0.4, 0.5) is 0 Å². The van der Waals surface area contributed by atoms with Gasteiger partial charge in [0.15, 0.2) is 11.5 Å². The average Bonchev–Trinajstić information content (AvgIpc) is 2.52. The molecule has 0 aliphatic rings. The number of fused-ring (bicyclic) bond motifs is 1. The van der Waals surface area contributed by atoms with E-state index in [9.17, 15) is 0 Å². The molecule has 1 atom stereocenters. The summed E-state index contributed by atoms with van der Waals surface area (Å²) in [5.41, 5.74) is 1.65. The van der Waals surface area contributed by atoms with Crippen molar-refractivity contribution in [3.8, 4) is 0 Å². The molecule has 0 saturated carbocycles. The van der Waals surface area contributed by atoms with Gasteiger partial charge in [-0.25, -0.2) is 19.9 Å². The molecule has 3 aromatic rings. The van der Waals surface area contributed by atoms with Gasteiger partial charge < -0.3 is 9.84 Å². The van der Waals surface area contributed by atoms with Crippen molar-refractivity contribution in [2.45, 2.75) is 6.10 Å². The molecule has 0 fully saturated rings. The second kappa shape index (κ2) is 5.68. The minimum Gasteiger partial charge on any atom is -0.371 e. The maximum atomic E-state index is 9.08. The molecule has 0 bridgehead atoms. The van der Waals surface area contributed by atoms with Gasteiger partial charge in [0.05, 0.1) is 7.57 Å². The lowest BCUT2D eigenvalue weighted by Gasteiger charge is -2.15. The summed E-state index contributed by atoms with van der Waals surface area (Å²) in [7, 11) is 0. The molecule has 20 heavy (non-hydrogen) atoms. The third-order valence-electron chi connectivity index (χ3n) is 2.78. The van der Waals surface area contributed by atoms with Gasteiger partial charge in [-0.3, -0.25) is 0 Å². The molecule has 0 aliphatic carbocycles. The summed E-state index contributed by atoms with van der Waals surface area (Å²) in [5, 5.41) is 9.08. The molecule has 0 radical (unpaired) electrons. The molecule has 6 heteroatoms. The van der Waals surface area contributed by atoms with Crippen LogP contribution in [0.1, 0.15) is 18.9 Å². The molecule has 2 aromatic heterocycles. The van der Waals surface area contributed by atoms with Crippen LogP contribution in [-0.2, 0) is 4.74 Å². The highest BCUT2D eigenvalue weighted by Crippen LogP contribution is 2.23. The van der Waals surface area contributed by atoms with E-state index < -0.39 is 12.9 Å². The topological polar surface area (TPSA) is 81.0 Å². The Morgan fingerprint density at radius 3 is 2.85 bits per heavy atom. The Balaban J connectivity index is 2.07. The Morgan fingerprint density at radius 1 is 1.20 bits per heavy atom. The number of ether oxygens (including phenoxy) is 1. The van der Waals surface area contributed by atoms with E-state index in [-0.39, 0.29) is 6.17 Å². The molecule has 0 amide bonds. The van der Waals surface area contributed by atoms with Gasteiger partial charge in [0.25, 0.3) is 0 Å². The number of benzene rings is 1. The first kappa shape index (κ1) is 11.4. The molecule has 100 valence electrons. The number of hydrogen-bond donors (Lipinski definition) is 1. The molecule has 2 heterocycles. The monoisotopic (exact) mass is 269 g/mol. The fourth-order valence-corrected chi connectivity index (χ4v) is 1.89. The molecule has 6 nitrogen and oxygen atoms in total. The lowest BCUT2D eigenvalue weighted by Crippen LogP contribution is -2.11. The van der Waals surface area contributed by atoms with E-state index >= 15 is 0 Å². The molecule has 1 aromatic carbocycles. The molecular weight excluding hydrogens is 256 g/mol. The Kier molecular flexibility index (Phi) is 3.24. The summed E-state index contributed by atoms with van der Waals surface area (Å²) < 4.78 is 12.8. The molecular formula is C14H12N4O2. The third-order valence-corrected chi connectivity index (χ3v) is 2.78. The quantitative estimate of drug-likeness (QED) is 0.722. The number of aliphatic hydroxyl groups excluding tert-OH is 1. The highest BCUT2D eigenvalue weighted by molar-refractivity contribution is 5.67. The third kappa shape index (κ3) is 2.47. The smallest absolute Gasteiger partial charge is 0.181 e. The van der Waals surface area contributed by atoms with Crippen LogP contribution in [-0.4, -0.2) is 31.8 Å². The zero-order valence-corrected chi connectivity index (χ0v) is 10.5. The van der Waals surface area contributed by atoms with Crippen LogP contribution in [0.15, 0.2) is 48.9 Å². The van der Waals surface area contributed by atoms with Crippen LogP contribution in [0, 0.1) is 0 Å². The maximum Gasteiger partial charge on any atom is 0.181 e. The lowest BCUT2D eigenvalue weighted by molar-refractivity contribution is -0.0380. The van der Waals surface area contributed by atoms with Crippen LogP contribution < -0.4 is 0 Å². The Morgan fingerprint density at radius 2 is 2.05 bits per heavy atom. The van der Waals surface area contributed by atoms with Crippen molar-refractivity contribution in [1.82, 2.24) is 19.9 Å². The molecule has 1 N–H and O–H groups in total. The largest absolute Gasteiger partial charge is 0.371 e. The lowest BCUT2D eigenvalue weighted by atomic mass is 10.1. The first-order chi connectivity index (χ1) is 10.3. The van der Waals surface area contributed by atoms with E-state index in [1.807, 2.05) is 30.3 Å². The van der Waals surface area contributed by atoms with Gasteiger partial charge in [-0.15, -0.1) is 0 Å². The van der Waals surface area contributed by atoms with Crippen molar-refractivity contribution in [2.24, 2.45) is 0 Å². The Labute approximate surface area is 116 Å². The summed E-state index contributed by atoms with van der Waals surface area (Å²) in [4.78, 5) is 16.6. The minimum atomic E-state index is -0.600. The van der Waals surface area contributed by atoms with Gasteiger partial charge in [0.2, 0.25) is 0 Å². The molecule has 1 unspecified atom stereocenters. The van der Waals surface area contributed by atoms with Crippen LogP contribution in [0.25, 0.3) is 11.2 Å². The molecule has 0 aliphatic heterocycles. The van der Waals surface area contributed by atoms with Gasteiger partial charge in [-0.05, 0) is 5.56 Å². The van der Waals surface area contributed by atoms with Gasteiger partial charge in [-0.2, -0.15) is 0 Å². The fraction of sp³-hybridized carbons (Fsp3) is 0.143. The van der Waals surface area contributed by atoms with Crippen LogP contribution in [0.3, 0.4) is 0 Å². The fourth-order valence-electron chi connectivity index (χ4n) is 1.89. The van der Waals surface area contributed by atoms with E-state index in [1.54, 1.807) is 0 Å². The number of hydrogen-bond acceptors (Lipinski definition) is 6. The molecule has 0 spiro atoms. The summed E-state index contributed by atoms with van der Waals surface area (Å²) in [6, 6.07) is 9.34. The number of nitrogens with zero attached hydrogens (tertiary/aromatic N) is 4. The zero-order chi connectivity index (χ0) is 14.7. The summed E-state index contributed by atoms with van der Waals surface area (Å²) in [6.45, 7) is -0.453. The SMILES string of the molecule is [2H]c1cnc2cnc(C(OCO)c3ccccc3)nc2n1. The average molecular weight is 269 g/mol. The zero-order valence-electron chi connectivity index (χ0n) is 11.5. The standard InChI is InChI=1S/C14H12N4O2/c19-9-20-12(10-4-2-1-3-5-10)14-17-8-11-13(18-14)16-7-6-15-11/h1-8,12,19H,9H2/i7D. The van der Waals surface area contributed by atoms with Crippen LogP contribution in [0.5, 0.6) is 0 Å². The highest BCUT2D eigenvalue weighted by atomic mass is 16.6. The van der Waals surface area contributed by atoms with Crippen molar-refractivity contribution < 1.29 is 11.2 Å². The first-order valence-corrected chi connectivity index (χ1v) is 6.01. The number of aliphatic hydroxyl groups is 1. The number of rotatable bonds is 4. The van der Waals surface area contributed by atoms with Gasteiger partial charge in [0, 0.05) is 12.4 Å². The summed E-state index contributed by atoms with van der Waals surface area (Å²) in [6.07, 6.45) is 2.30. The van der Waals surface area contributed by atoms with Crippen LogP contribution in [0.2, 0.25) is 0 Å². The second-order valence-electron chi connectivity index (χ2n) is 4.02. The van der Waals surface area contributed by atoms with Gasteiger partial charge in [-0.1, -0.05) is 30.3 Å². The van der Waals surface area contributed by atoms with Crippen LogP contribution >= 0.6 is 0 Å². The van der Waals surface area contributed by atoms with Crippen molar-refractivity contribution in [3.63, 3.8) is 0 Å². The van der Waals surface area contributed by atoms with Gasteiger partial charge in [0.1, 0.15) is 18.4 Å². The van der Waals surface area contributed by atoms with Crippen molar-refractivity contribution in [1.29, 1.82) is 0 Å². The van der Waals surface area contributed by atoms with Crippen molar-refractivity contribution in [3.05, 3.63) is 60.3 Å². The Bertz CT molecular complexity index is 754. The van der Waals surface area contributed by atoms with Crippen molar-refractivity contribution >= 4 is 11.2 Å². The van der Waals surface area contributed by atoms with E-state index in [4.69, 9.17) is 11.2 Å². The van der Waals surface area contributed by atoms with E-state index in [1.165, 1.54) is 12.4 Å². The predicted molar refractivity (Wildman–Crippen MR) is 71.6 cm³/mol. The predicted octanol–water partition coefficient (Wildman–Crippen LogP) is 1.48. The van der Waals surface area contributed by atoms with Crippen molar-refractivity contribution in [2.75, 3.05) is 6.79 Å². The van der Waals surface area contributed by atoms with E-state index in [0.717, 1.165) is 5.56 Å². The first-order valence-electron chi connectivity index (χ1n) is 6.51. The van der Waals surface area contributed by atoms with E-state index in [0.29, 0.717) is 17.0 Å². The molecule has 3 rings (SSSR count). The van der Waals surface area contributed by atoms with E-state index in [2.05, 4.69) is 19.9 Å². The second-order valence-corrected chi connectivity index (χ2v) is 4.02. The normalized spacial score (nSPS) is 13.2. The summed E-state index contributed by atoms with van der Waals surface area (Å²) >= 11 is 0. The maximum absolute atomic E-state index is 9.08. The molecule has 0 saturated heterocycles. The minimum absolute atomic E-state index is 0.0338. The number of aromatic nitrogens is 4. The highest BCUT2D eigenvalue weighted by Gasteiger charge is 2.18. The van der Waals surface area contributed by atoms with Gasteiger partial charge >= 0.3 is 0 Å². The summed E-state index contributed by atoms with van der Waals surface area (Å²) in [5.74, 6) is 0.364. The Hall–Kier alpha value is -2.44.